The fraction of sp³-hybridized carbons (Fsp3) is 0.625. The van der Waals surface area contributed by atoms with Gasteiger partial charge in [0.15, 0.2) is 11.6 Å². The molecule has 0 amide bonds. The summed E-state index contributed by atoms with van der Waals surface area (Å²) in [7, 11) is 0. The van der Waals surface area contributed by atoms with Crippen molar-refractivity contribution in [1.29, 1.82) is 0 Å². The van der Waals surface area contributed by atoms with E-state index in [1.165, 1.54) is 0 Å². The zero-order chi connectivity index (χ0) is 17.1. The molecule has 2 aromatic heterocycles. The van der Waals surface area contributed by atoms with Gasteiger partial charge in [-0.15, -0.1) is 0 Å². The van der Waals surface area contributed by atoms with E-state index in [9.17, 15) is 0 Å². The second-order valence-corrected chi connectivity index (χ2v) is 6.76. The number of rotatable bonds is 5. The molecule has 1 aliphatic heterocycles. The van der Waals surface area contributed by atoms with Gasteiger partial charge in [-0.1, -0.05) is 19.0 Å². The zero-order valence-electron chi connectivity index (χ0n) is 14.1. The number of halogens is 1. The first-order chi connectivity index (χ1) is 11.5. The molecule has 0 N–H and O–H groups in total. The molecule has 0 bridgehead atoms. The van der Waals surface area contributed by atoms with Gasteiger partial charge in [0.2, 0.25) is 5.28 Å². The van der Waals surface area contributed by atoms with Crippen LogP contribution in [0.2, 0.25) is 5.28 Å². The van der Waals surface area contributed by atoms with Gasteiger partial charge < -0.3 is 14.2 Å². The highest BCUT2D eigenvalue weighted by atomic mass is 35.5. The number of ether oxygens (including phenoxy) is 1. The van der Waals surface area contributed by atoms with Crippen LogP contribution in [0.3, 0.4) is 0 Å². The largest absolute Gasteiger partial charge is 0.487 e. The normalized spacial score (nSPS) is 17.3. The van der Waals surface area contributed by atoms with Crippen molar-refractivity contribution in [3.8, 4) is 5.75 Å². The Morgan fingerprint density at radius 2 is 1.88 bits per heavy atom. The topological polar surface area (TPSA) is 77.2 Å². The highest BCUT2D eigenvalue weighted by Crippen LogP contribution is 2.27. The van der Waals surface area contributed by atoms with Crippen molar-refractivity contribution >= 4 is 17.6 Å². The minimum absolute atomic E-state index is 0.0887. The molecule has 0 saturated carbocycles. The molecule has 24 heavy (non-hydrogen) atoms. The van der Waals surface area contributed by atoms with E-state index in [-0.39, 0.29) is 17.3 Å². The molecule has 0 aromatic carbocycles. The van der Waals surface area contributed by atoms with Crippen molar-refractivity contribution in [3.05, 3.63) is 23.5 Å². The van der Waals surface area contributed by atoms with E-state index in [0.717, 1.165) is 31.8 Å². The van der Waals surface area contributed by atoms with E-state index in [0.29, 0.717) is 17.7 Å². The second kappa shape index (κ2) is 7.34. The summed E-state index contributed by atoms with van der Waals surface area (Å²) in [6, 6.07) is 0.622. The number of nitrogens with zero attached hydrogens (tertiary/aromatic N) is 5. The molecule has 0 spiro atoms. The smallest absolute Gasteiger partial charge is 0.324 e. The highest BCUT2D eigenvalue weighted by Gasteiger charge is 2.27. The lowest BCUT2D eigenvalue weighted by Gasteiger charge is -2.33. The second-order valence-electron chi connectivity index (χ2n) is 6.43. The monoisotopic (exact) mass is 351 g/mol. The molecule has 3 rings (SSSR count). The molecule has 0 radical (unpaired) electrons. The Hall–Kier alpha value is -1.89. The van der Waals surface area contributed by atoms with Gasteiger partial charge in [0, 0.05) is 19.0 Å². The van der Waals surface area contributed by atoms with Crippen molar-refractivity contribution in [2.75, 3.05) is 18.0 Å². The summed E-state index contributed by atoms with van der Waals surface area (Å²) in [4.78, 5) is 14.5. The first kappa shape index (κ1) is 17.0. The van der Waals surface area contributed by atoms with Crippen LogP contribution in [-0.4, -0.2) is 39.3 Å². The molecular formula is C16H22ClN5O2. The van der Waals surface area contributed by atoms with Gasteiger partial charge in [-0.2, -0.15) is 4.98 Å². The maximum absolute atomic E-state index is 5.93. The van der Waals surface area contributed by atoms with E-state index >= 15 is 0 Å². The summed E-state index contributed by atoms with van der Waals surface area (Å²) in [6.07, 6.45) is 5.31. The molecule has 2 aromatic rings. The lowest BCUT2D eigenvalue weighted by atomic mass is 9.92. The molecule has 7 nitrogen and oxygen atoms in total. The summed E-state index contributed by atoms with van der Waals surface area (Å²) >= 11 is 5.69. The fourth-order valence-corrected chi connectivity index (χ4v) is 2.92. The van der Waals surface area contributed by atoms with E-state index in [1.54, 1.807) is 12.4 Å². The molecule has 1 aliphatic rings. The third-order valence-corrected chi connectivity index (χ3v) is 4.54. The Bertz CT molecular complexity index is 653. The van der Waals surface area contributed by atoms with Crippen LogP contribution in [0.4, 0.5) is 6.01 Å². The molecule has 8 heteroatoms. The summed E-state index contributed by atoms with van der Waals surface area (Å²) in [5.41, 5.74) is 0. The molecule has 1 unspecified atom stereocenters. The molecule has 3 heterocycles. The Labute approximate surface area is 146 Å². The first-order valence-corrected chi connectivity index (χ1v) is 8.63. The van der Waals surface area contributed by atoms with Crippen LogP contribution in [0.1, 0.15) is 45.4 Å². The van der Waals surface area contributed by atoms with Crippen LogP contribution in [0.25, 0.3) is 0 Å². The van der Waals surface area contributed by atoms with Gasteiger partial charge in [0.25, 0.3) is 0 Å². The SMILES string of the molecule is CC(C)c1noc(N2CCC(C(C)Oc3cnc(Cl)nc3)CC2)n1. The maximum Gasteiger partial charge on any atom is 0.324 e. The van der Waals surface area contributed by atoms with Gasteiger partial charge in [0.1, 0.15) is 0 Å². The lowest BCUT2D eigenvalue weighted by molar-refractivity contribution is 0.131. The van der Waals surface area contributed by atoms with Crippen molar-refractivity contribution < 1.29 is 9.26 Å². The summed E-state index contributed by atoms with van der Waals surface area (Å²) in [5.74, 6) is 2.14. The minimum atomic E-state index is 0.0887. The number of piperidine rings is 1. The van der Waals surface area contributed by atoms with Gasteiger partial charge >= 0.3 is 6.01 Å². The van der Waals surface area contributed by atoms with E-state index in [4.69, 9.17) is 20.9 Å². The molecule has 0 aliphatic carbocycles. The number of anilines is 1. The van der Waals surface area contributed by atoms with Crippen molar-refractivity contribution in [2.45, 2.75) is 45.6 Å². The van der Waals surface area contributed by atoms with Gasteiger partial charge in [-0.25, -0.2) is 9.97 Å². The van der Waals surface area contributed by atoms with Crippen molar-refractivity contribution in [3.63, 3.8) is 0 Å². The predicted octanol–water partition coefficient (Wildman–Crippen LogP) is 3.32. The maximum atomic E-state index is 5.93. The zero-order valence-corrected chi connectivity index (χ0v) is 14.9. The van der Waals surface area contributed by atoms with Crippen LogP contribution in [0.5, 0.6) is 5.75 Å². The predicted molar refractivity (Wildman–Crippen MR) is 90.5 cm³/mol. The van der Waals surface area contributed by atoms with Crippen LogP contribution in [0, 0.1) is 5.92 Å². The first-order valence-electron chi connectivity index (χ1n) is 8.25. The van der Waals surface area contributed by atoms with E-state index in [2.05, 4.69) is 45.8 Å². The summed E-state index contributed by atoms with van der Waals surface area (Å²) < 4.78 is 11.3. The van der Waals surface area contributed by atoms with Crippen LogP contribution in [0.15, 0.2) is 16.9 Å². The lowest BCUT2D eigenvalue weighted by Crippen LogP contribution is -2.38. The third kappa shape index (κ3) is 3.95. The minimum Gasteiger partial charge on any atom is -0.487 e. The highest BCUT2D eigenvalue weighted by molar-refractivity contribution is 6.28. The number of hydrogen-bond acceptors (Lipinski definition) is 7. The van der Waals surface area contributed by atoms with Crippen molar-refractivity contribution in [2.24, 2.45) is 5.92 Å². The Kier molecular flexibility index (Phi) is 5.18. The Morgan fingerprint density at radius 3 is 2.46 bits per heavy atom. The van der Waals surface area contributed by atoms with Gasteiger partial charge in [-0.3, -0.25) is 0 Å². The molecular weight excluding hydrogens is 330 g/mol. The van der Waals surface area contributed by atoms with Crippen LogP contribution in [-0.2, 0) is 0 Å². The van der Waals surface area contributed by atoms with Crippen LogP contribution < -0.4 is 9.64 Å². The number of hydrogen-bond donors (Lipinski definition) is 0. The molecule has 130 valence electrons. The number of aromatic nitrogens is 4. The van der Waals surface area contributed by atoms with E-state index in [1.807, 2.05) is 0 Å². The quantitative estimate of drug-likeness (QED) is 0.764. The van der Waals surface area contributed by atoms with Crippen molar-refractivity contribution in [1.82, 2.24) is 20.1 Å². The van der Waals surface area contributed by atoms with Gasteiger partial charge in [-0.05, 0) is 37.3 Å². The standard InChI is InChI=1S/C16H22ClN5O2/c1-10(2)14-20-16(24-21-14)22-6-4-12(5-7-22)11(3)23-13-8-18-15(17)19-9-13/h8-12H,4-7H2,1-3H3. The summed E-state index contributed by atoms with van der Waals surface area (Å²) in [5, 5.41) is 4.26. The third-order valence-electron chi connectivity index (χ3n) is 4.34. The average Bonchev–Trinajstić information content (AvgIpc) is 3.07. The average molecular weight is 352 g/mol. The molecule has 1 fully saturated rings. The van der Waals surface area contributed by atoms with Crippen LogP contribution >= 0.6 is 11.6 Å². The fourth-order valence-electron chi connectivity index (χ4n) is 2.82. The molecule has 1 saturated heterocycles. The van der Waals surface area contributed by atoms with Gasteiger partial charge in [0.05, 0.1) is 18.5 Å². The Morgan fingerprint density at radius 1 is 1.21 bits per heavy atom. The summed E-state index contributed by atoms with van der Waals surface area (Å²) in [6.45, 7) is 7.96. The molecule has 1 atom stereocenters. The van der Waals surface area contributed by atoms with E-state index < -0.39 is 0 Å². The Balaban J connectivity index is 1.53.